The van der Waals surface area contributed by atoms with E-state index in [0.717, 1.165) is 26.2 Å². The first-order valence-corrected chi connectivity index (χ1v) is 7.18. The highest BCUT2D eigenvalue weighted by molar-refractivity contribution is 7.11. The second-order valence-corrected chi connectivity index (χ2v) is 7.07. The van der Waals surface area contributed by atoms with Gasteiger partial charge in [0.2, 0.25) is 0 Å². The van der Waals surface area contributed by atoms with Crippen LogP contribution in [0.25, 0.3) is 0 Å². The van der Waals surface area contributed by atoms with Crippen LogP contribution in [0.5, 0.6) is 0 Å². The van der Waals surface area contributed by atoms with E-state index >= 15 is 0 Å². The number of nitrogens with zero attached hydrogens (tertiary/aromatic N) is 2. The molecule has 96 valence electrons. The van der Waals surface area contributed by atoms with Gasteiger partial charge in [-0.15, -0.1) is 11.3 Å². The molecule has 0 radical (unpaired) electrons. The summed E-state index contributed by atoms with van der Waals surface area (Å²) < 4.78 is 0. The second kappa shape index (κ2) is 5.04. The third-order valence-electron chi connectivity index (χ3n) is 3.10. The first-order valence-electron chi connectivity index (χ1n) is 6.36. The Kier molecular flexibility index (Phi) is 3.85. The molecule has 17 heavy (non-hydrogen) atoms. The van der Waals surface area contributed by atoms with Crippen LogP contribution in [-0.4, -0.2) is 35.6 Å². The molecule has 0 spiro atoms. The fraction of sp³-hybridized carbons (Fsp3) is 0.769. The lowest BCUT2D eigenvalue weighted by atomic mass is 9.96. The van der Waals surface area contributed by atoms with Crippen molar-refractivity contribution in [2.75, 3.05) is 19.6 Å². The molecule has 0 amide bonds. The quantitative estimate of drug-likeness (QED) is 0.876. The van der Waals surface area contributed by atoms with E-state index in [1.807, 2.05) is 17.5 Å². The molecule has 1 aromatic heterocycles. The normalized spacial score (nSPS) is 22.9. The van der Waals surface area contributed by atoms with E-state index in [-0.39, 0.29) is 5.41 Å². The van der Waals surface area contributed by atoms with Crippen molar-refractivity contribution in [1.29, 1.82) is 0 Å². The minimum atomic E-state index is 0.229. The third-order valence-corrected chi connectivity index (χ3v) is 4.51. The van der Waals surface area contributed by atoms with Crippen LogP contribution in [0.2, 0.25) is 0 Å². The lowest BCUT2D eigenvalue weighted by Gasteiger charge is -2.31. The Morgan fingerprint density at radius 1 is 1.53 bits per heavy atom. The SMILES string of the molecule is C[C@@H]1CN(Cc2ncc(C(C)(C)C)s2)CCN1. The molecule has 3 nitrogen and oxygen atoms in total. The maximum absolute atomic E-state index is 4.56. The second-order valence-electron chi connectivity index (χ2n) is 5.96. The maximum Gasteiger partial charge on any atom is 0.107 e. The van der Waals surface area contributed by atoms with Gasteiger partial charge in [0.1, 0.15) is 5.01 Å². The largest absolute Gasteiger partial charge is 0.312 e. The zero-order valence-electron chi connectivity index (χ0n) is 11.3. The molecule has 4 heteroatoms. The smallest absolute Gasteiger partial charge is 0.107 e. The Balaban J connectivity index is 1.97. The molecule has 0 unspecified atom stereocenters. The molecular formula is C13H23N3S. The van der Waals surface area contributed by atoms with Crippen LogP contribution in [0.3, 0.4) is 0 Å². The summed E-state index contributed by atoms with van der Waals surface area (Å²) in [5.74, 6) is 0. The number of hydrogen-bond donors (Lipinski definition) is 1. The molecule has 2 rings (SSSR count). The molecule has 0 aromatic carbocycles. The van der Waals surface area contributed by atoms with Crippen LogP contribution in [0.1, 0.15) is 37.6 Å². The average Bonchev–Trinajstić information content (AvgIpc) is 2.65. The van der Waals surface area contributed by atoms with E-state index in [1.165, 1.54) is 9.88 Å². The summed E-state index contributed by atoms with van der Waals surface area (Å²) in [6, 6.07) is 0.603. The van der Waals surface area contributed by atoms with Crippen LogP contribution in [0.15, 0.2) is 6.20 Å². The molecule has 1 saturated heterocycles. The third kappa shape index (κ3) is 3.50. The summed E-state index contributed by atoms with van der Waals surface area (Å²) in [7, 11) is 0. The molecular weight excluding hydrogens is 230 g/mol. The van der Waals surface area contributed by atoms with E-state index in [9.17, 15) is 0 Å². The highest BCUT2D eigenvalue weighted by Gasteiger charge is 2.20. The van der Waals surface area contributed by atoms with Gasteiger partial charge in [-0.2, -0.15) is 0 Å². The molecule has 1 atom stereocenters. The highest BCUT2D eigenvalue weighted by atomic mass is 32.1. The van der Waals surface area contributed by atoms with Crippen molar-refractivity contribution >= 4 is 11.3 Å². The summed E-state index contributed by atoms with van der Waals surface area (Å²) in [6.45, 7) is 13.4. The zero-order valence-corrected chi connectivity index (χ0v) is 12.1. The zero-order chi connectivity index (χ0) is 12.5. The minimum absolute atomic E-state index is 0.229. The van der Waals surface area contributed by atoms with Gasteiger partial charge in [0, 0.05) is 36.8 Å². The topological polar surface area (TPSA) is 28.2 Å². The highest BCUT2D eigenvalue weighted by Crippen LogP contribution is 2.28. The molecule has 1 N–H and O–H groups in total. The van der Waals surface area contributed by atoms with Crippen molar-refractivity contribution in [2.45, 2.75) is 45.7 Å². The lowest BCUT2D eigenvalue weighted by molar-refractivity contribution is 0.199. The van der Waals surface area contributed by atoms with Crippen molar-refractivity contribution < 1.29 is 0 Å². The minimum Gasteiger partial charge on any atom is -0.312 e. The van der Waals surface area contributed by atoms with Crippen molar-refractivity contribution in [3.8, 4) is 0 Å². The van der Waals surface area contributed by atoms with Gasteiger partial charge >= 0.3 is 0 Å². The Bertz CT molecular complexity index is 367. The van der Waals surface area contributed by atoms with Gasteiger partial charge in [0.25, 0.3) is 0 Å². The number of aromatic nitrogens is 1. The van der Waals surface area contributed by atoms with E-state index < -0.39 is 0 Å². The molecule has 2 heterocycles. The fourth-order valence-electron chi connectivity index (χ4n) is 2.08. The van der Waals surface area contributed by atoms with Gasteiger partial charge in [0.15, 0.2) is 0 Å². The Morgan fingerprint density at radius 3 is 2.88 bits per heavy atom. The molecule has 1 aromatic rings. The number of piperazine rings is 1. The summed E-state index contributed by atoms with van der Waals surface area (Å²) in [5, 5.41) is 4.72. The van der Waals surface area contributed by atoms with E-state index in [1.54, 1.807) is 0 Å². The first-order chi connectivity index (χ1) is 7.95. The predicted octanol–water partition coefficient (Wildman–Crippen LogP) is 2.23. The van der Waals surface area contributed by atoms with Gasteiger partial charge < -0.3 is 5.32 Å². The van der Waals surface area contributed by atoms with E-state index in [2.05, 4.69) is 42.9 Å². The van der Waals surface area contributed by atoms with Crippen molar-refractivity contribution in [3.63, 3.8) is 0 Å². The monoisotopic (exact) mass is 253 g/mol. The van der Waals surface area contributed by atoms with E-state index in [0.29, 0.717) is 6.04 Å². The van der Waals surface area contributed by atoms with Gasteiger partial charge in [-0.05, 0) is 12.3 Å². The average molecular weight is 253 g/mol. The predicted molar refractivity (Wildman–Crippen MR) is 73.6 cm³/mol. The first kappa shape index (κ1) is 13.0. The summed E-state index contributed by atoms with van der Waals surface area (Å²) >= 11 is 1.86. The van der Waals surface area contributed by atoms with Crippen molar-refractivity contribution in [3.05, 3.63) is 16.1 Å². The molecule has 1 aliphatic rings. The van der Waals surface area contributed by atoms with Crippen LogP contribution < -0.4 is 5.32 Å². The van der Waals surface area contributed by atoms with Gasteiger partial charge in [-0.25, -0.2) is 4.98 Å². The summed E-state index contributed by atoms with van der Waals surface area (Å²) in [6.07, 6.45) is 2.05. The molecule has 0 saturated carbocycles. The van der Waals surface area contributed by atoms with Crippen molar-refractivity contribution in [1.82, 2.24) is 15.2 Å². The Labute approximate surface area is 108 Å². The van der Waals surface area contributed by atoms with E-state index in [4.69, 9.17) is 0 Å². The number of hydrogen-bond acceptors (Lipinski definition) is 4. The standard InChI is InChI=1S/C13H23N3S/c1-10-8-16(6-5-14-10)9-12-15-7-11(17-12)13(2,3)4/h7,10,14H,5-6,8-9H2,1-4H3/t10-/m1/s1. The molecule has 1 fully saturated rings. The molecule has 0 bridgehead atoms. The number of nitrogens with one attached hydrogen (secondary N) is 1. The summed E-state index contributed by atoms with van der Waals surface area (Å²) in [4.78, 5) is 8.44. The Morgan fingerprint density at radius 2 is 2.29 bits per heavy atom. The molecule has 1 aliphatic heterocycles. The van der Waals surface area contributed by atoms with Gasteiger partial charge in [0.05, 0.1) is 6.54 Å². The lowest BCUT2D eigenvalue weighted by Crippen LogP contribution is -2.48. The number of rotatable bonds is 2. The van der Waals surface area contributed by atoms with Crippen molar-refractivity contribution in [2.24, 2.45) is 0 Å². The van der Waals surface area contributed by atoms with Gasteiger partial charge in [-0.1, -0.05) is 20.8 Å². The maximum atomic E-state index is 4.56. The summed E-state index contributed by atoms with van der Waals surface area (Å²) in [5.41, 5.74) is 0.229. The van der Waals surface area contributed by atoms with Crippen LogP contribution in [-0.2, 0) is 12.0 Å². The molecule has 0 aliphatic carbocycles. The van der Waals surface area contributed by atoms with Crippen LogP contribution in [0, 0.1) is 0 Å². The van der Waals surface area contributed by atoms with Gasteiger partial charge in [-0.3, -0.25) is 4.90 Å². The number of thiazole rings is 1. The fourth-order valence-corrected chi connectivity index (χ4v) is 3.10. The Hall–Kier alpha value is -0.450. The van der Waals surface area contributed by atoms with Crippen LogP contribution >= 0.6 is 11.3 Å². The van der Waals surface area contributed by atoms with Crippen LogP contribution in [0.4, 0.5) is 0 Å².